The molecule has 2 fully saturated rings. The molecule has 1 aromatic heterocycles. The van der Waals surface area contributed by atoms with Gasteiger partial charge in [-0.2, -0.15) is 0 Å². The zero-order chi connectivity index (χ0) is 12.4. The van der Waals surface area contributed by atoms with Crippen molar-refractivity contribution in [2.75, 3.05) is 26.2 Å². The van der Waals surface area contributed by atoms with E-state index in [1.54, 1.807) is 0 Å². The van der Waals surface area contributed by atoms with Crippen molar-refractivity contribution < 1.29 is 4.74 Å². The lowest BCUT2D eigenvalue weighted by atomic mass is 10.2. The van der Waals surface area contributed by atoms with Gasteiger partial charge in [0.05, 0.1) is 12.7 Å². The van der Waals surface area contributed by atoms with E-state index >= 15 is 0 Å². The highest BCUT2D eigenvalue weighted by Gasteiger charge is 2.32. The van der Waals surface area contributed by atoms with Crippen molar-refractivity contribution in [3.8, 4) is 0 Å². The number of thiophene rings is 1. The Kier molecular flexibility index (Phi) is 3.99. The van der Waals surface area contributed by atoms with E-state index in [1.807, 2.05) is 11.3 Å². The molecule has 1 saturated carbocycles. The topological polar surface area (TPSA) is 24.5 Å². The molecule has 0 amide bonds. The number of morpholine rings is 1. The first kappa shape index (κ1) is 12.6. The largest absolute Gasteiger partial charge is 0.374 e. The van der Waals surface area contributed by atoms with Crippen molar-refractivity contribution in [3.63, 3.8) is 0 Å². The van der Waals surface area contributed by atoms with Crippen molar-refractivity contribution in [2.24, 2.45) is 0 Å². The van der Waals surface area contributed by atoms with E-state index in [0.29, 0.717) is 6.10 Å². The van der Waals surface area contributed by atoms with Gasteiger partial charge in [0.15, 0.2) is 0 Å². The zero-order valence-corrected chi connectivity index (χ0v) is 11.8. The van der Waals surface area contributed by atoms with Crippen LogP contribution in [0, 0.1) is 6.92 Å². The first-order valence-electron chi connectivity index (χ1n) is 6.93. The predicted octanol–water partition coefficient (Wildman–Crippen LogP) is 2.01. The van der Waals surface area contributed by atoms with Crippen LogP contribution in [-0.4, -0.2) is 43.3 Å². The zero-order valence-electron chi connectivity index (χ0n) is 11.0. The van der Waals surface area contributed by atoms with Crippen molar-refractivity contribution >= 4 is 11.3 Å². The van der Waals surface area contributed by atoms with E-state index in [4.69, 9.17) is 4.74 Å². The summed E-state index contributed by atoms with van der Waals surface area (Å²) < 4.78 is 5.83. The molecule has 1 unspecified atom stereocenters. The van der Waals surface area contributed by atoms with Crippen LogP contribution in [0.25, 0.3) is 0 Å². The Morgan fingerprint density at radius 1 is 1.44 bits per heavy atom. The summed E-state index contributed by atoms with van der Waals surface area (Å²) in [6.45, 7) is 7.25. The summed E-state index contributed by atoms with van der Waals surface area (Å²) in [5, 5.41) is 3.52. The first-order valence-corrected chi connectivity index (χ1v) is 7.74. The van der Waals surface area contributed by atoms with Crippen LogP contribution in [-0.2, 0) is 11.3 Å². The Balaban J connectivity index is 1.39. The predicted molar refractivity (Wildman–Crippen MR) is 75.1 cm³/mol. The van der Waals surface area contributed by atoms with Crippen molar-refractivity contribution in [2.45, 2.75) is 38.5 Å². The SMILES string of the molecule is Cc1ccc(CNCC2CN(C3CC3)CCO2)s1. The summed E-state index contributed by atoms with van der Waals surface area (Å²) >= 11 is 1.88. The van der Waals surface area contributed by atoms with Gasteiger partial charge in [0, 0.05) is 42.0 Å². The molecule has 1 aliphatic carbocycles. The molecule has 1 aromatic rings. The standard InChI is InChI=1S/C14H22N2OS/c1-11-2-5-14(18-11)9-15-8-13-10-16(6-7-17-13)12-3-4-12/h2,5,12-13,15H,3-4,6-10H2,1H3. The lowest BCUT2D eigenvalue weighted by Crippen LogP contribution is -2.47. The van der Waals surface area contributed by atoms with Crippen LogP contribution in [0.15, 0.2) is 12.1 Å². The highest BCUT2D eigenvalue weighted by atomic mass is 32.1. The van der Waals surface area contributed by atoms with E-state index < -0.39 is 0 Å². The fourth-order valence-corrected chi connectivity index (χ4v) is 3.43. The maximum Gasteiger partial charge on any atom is 0.0826 e. The maximum absolute atomic E-state index is 5.83. The van der Waals surface area contributed by atoms with E-state index in [-0.39, 0.29) is 0 Å². The van der Waals surface area contributed by atoms with E-state index in [0.717, 1.165) is 38.8 Å². The van der Waals surface area contributed by atoms with Gasteiger partial charge in [-0.15, -0.1) is 11.3 Å². The third-order valence-electron chi connectivity index (χ3n) is 3.70. The molecule has 2 aliphatic rings. The highest BCUT2D eigenvalue weighted by Crippen LogP contribution is 2.28. The Hall–Kier alpha value is -0.420. The average molecular weight is 266 g/mol. The first-order chi connectivity index (χ1) is 8.81. The fraction of sp³-hybridized carbons (Fsp3) is 0.714. The van der Waals surface area contributed by atoms with Gasteiger partial charge in [-0.25, -0.2) is 0 Å². The van der Waals surface area contributed by atoms with Gasteiger partial charge in [-0.05, 0) is 31.9 Å². The van der Waals surface area contributed by atoms with Crippen molar-refractivity contribution in [3.05, 3.63) is 21.9 Å². The highest BCUT2D eigenvalue weighted by molar-refractivity contribution is 7.11. The van der Waals surface area contributed by atoms with Crippen LogP contribution >= 0.6 is 11.3 Å². The molecule has 0 radical (unpaired) electrons. The second-order valence-electron chi connectivity index (χ2n) is 5.36. The molecule has 0 bridgehead atoms. The fourth-order valence-electron chi connectivity index (χ4n) is 2.57. The Labute approximate surface area is 113 Å². The van der Waals surface area contributed by atoms with Gasteiger partial charge in [0.1, 0.15) is 0 Å². The third kappa shape index (κ3) is 3.32. The van der Waals surface area contributed by atoms with Gasteiger partial charge >= 0.3 is 0 Å². The normalized spacial score (nSPS) is 25.5. The second-order valence-corrected chi connectivity index (χ2v) is 6.73. The van der Waals surface area contributed by atoms with Crippen LogP contribution in [0.2, 0.25) is 0 Å². The number of ether oxygens (including phenoxy) is 1. The molecule has 3 nitrogen and oxygen atoms in total. The molecule has 0 aromatic carbocycles. The number of nitrogens with one attached hydrogen (secondary N) is 1. The van der Waals surface area contributed by atoms with E-state index in [2.05, 4.69) is 29.3 Å². The van der Waals surface area contributed by atoms with E-state index in [1.165, 1.54) is 22.6 Å². The summed E-state index contributed by atoms with van der Waals surface area (Å²) in [4.78, 5) is 5.41. The van der Waals surface area contributed by atoms with Gasteiger partial charge in [-0.1, -0.05) is 0 Å². The van der Waals surface area contributed by atoms with Crippen LogP contribution in [0.3, 0.4) is 0 Å². The molecule has 4 heteroatoms. The van der Waals surface area contributed by atoms with Crippen LogP contribution < -0.4 is 5.32 Å². The minimum atomic E-state index is 0.375. The summed E-state index contributed by atoms with van der Waals surface area (Å²) in [5.74, 6) is 0. The molecule has 3 rings (SSSR count). The molecule has 1 aliphatic heterocycles. The van der Waals surface area contributed by atoms with Crippen molar-refractivity contribution in [1.29, 1.82) is 0 Å². The average Bonchev–Trinajstić information content (AvgIpc) is 3.14. The molecular weight excluding hydrogens is 244 g/mol. The molecule has 1 N–H and O–H groups in total. The summed E-state index contributed by atoms with van der Waals surface area (Å²) in [6.07, 6.45) is 3.17. The van der Waals surface area contributed by atoms with E-state index in [9.17, 15) is 0 Å². The van der Waals surface area contributed by atoms with Crippen molar-refractivity contribution in [1.82, 2.24) is 10.2 Å². The molecule has 1 atom stereocenters. The molecular formula is C14H22N2OS. The molecule has 0 spiro atoms. The third-order valence-corrected chi connectivity index (χ3v) is 4.70. The lowest BCUT2D eigenvalue weighted by Gasteiger charge is -2.33. The van der Waals surface area contributed by atoms with Crippen LogP contribution in [0.4, 0.5) is 0 Å². The quantitative estimate of drug-likeness (QED) is 0.882. The smallest absolute Gasteiger partial charge is 0.0826 e. The summed E-state index contributed by atoms with van der Waals surface area (Å²) in [7, 11) is 0. The summed E-state index contributed by atoms with van der Waals surface area (Å²) in [6, 6.07) is 5.27. The molecule has 1 saturated heterocycles. The molecule has 18 heavy (non-hydrogen) atoms. The minimum absolute atomic E-state index is 0.375. The number of hydrogen-bond donors (Lipinski definition) is 1. The summed E-state index contributed by atoms with van der Waals surface area (Å²) in [5.41, 5.74) is 0. The maximum atomic E-state index is 5.83. The minimum Gasteiger partial charge on any atom is -0.374 e. The molecule has 2 heterocycles. The van der Waals surface area contributed by atoms with Crippen LogP contribution in [0.5, 0.6) is 0 Å². The Bertz CT molecular complexity index is 389. The second kappa shape index (κ2) is 5.70. The number of rotatable bonds is 5. The van der Waals surface area contributed by atoms with Gasteiger partial charge in [0.2, 0.25) is 0 Å². The van der Waals surface area contributed by atoms with Crippen LogP contribution in [0.1, 0.15) is 22.6 Å². The number of nitrogens with zero attached hydrogens (tertiary/aromatic N) is 1. The van der Waals surface area contributed by atoms with Gasteiger partial charge in [0.25, 0.3) is 0 Å². The number of aryl methyl sites for hydroxylation is 1. The monoisotopic (exact) mass is 266 g/mol. The Morgan fingerprint density at radius 2 is 2.33 bits per heavy atom. The number of hydrogen-bond acceptors (Lipinski definition) is 4. The Morgan fingerprint density at radius 3 is 3.06 bits per heavy atom. The lowest BCUT2D eigenvalue weighted by molar-refractivity contribution is -0.0301. The van der Waals surface area contributed by atoms with Gasteiger partial charge < -0.3 is 10.1 Å². The van der Waals surface area contributed by atoms with Gasteiger partial charge in [-0.3, -0.25) is 4.90 Å². The molecule has 100 valence electrons.